The summed E-state index contributed by atoms with van der Waals surface area (Å²) in [5, 5.41) is 7.81. The van der Waals surface area contributed by atoms with E-state index in [0.717, 1.165) is 0 Å². The molecule has 0 bridgehead atoms. The molecule has 100 valence electrons. The monoisotopic (exact) mass is 272 g/mol. The predicted molar refractivity (Wildman–Crippen MR) is 68.6 cm³/mol. The first-order valence-electron chi connectivity index (χ1n) is 5.42. The average Bonchev–Trinajstić information content (AvgIpc) is 2.38. The van der Waals surface area contributed by atoms with Gasteiger partial charge in [-0.2, -0.15) is 0 Å². The number of hydrogen-bond donors (Lipinski definition) is 1. The maximum absolute atomic E-state index is 11.5. The number of carboxylic acid groups (broad SMARTS) is 1. The number of rotatable bonds is 7. The van der Waals surface area contributed by atoms with Crippen LogP contribution in [0.15, 0.2) is 24.3 Å². The lowest BCUT2D eigenvalue weighted by Crippen LogP contribution is -2.25. The lowest BCUT2D eigenvalue weighted by atomic mass is 10.3. The second kappa shape index (κ2) is 7.00. The standard InChI is InChI=1S/C12H16O5S/c1-9(12(13)14)18(15)8-7-17-11-6-4-3-5-10(11)16-2/h3-6,9H,7-8H2,1-2H3,(H,13,14). The molecule has 0 radical (unpaired) electrons. The van der Waals surface area contributed by atoms with Crippen LogP contribution in [0.1, 0.15) is 6.92 Å². The molecule has 2 unspecified atom stereocenters. The first-order valence-corrected chi connectivity index (χ1v) is 6.80. The van der Waals surface area contributed by atoms with Gasteiger partial charge in [0.15, 0.2) is 11.5 Å². The minimum absolute atomic E-state index is 0.172. The van der Waals surface area contributed by atoms with E-state index in [1.54, 1.807) is 18.2 Å². The highest BCUT2D eigenvalue weighted by Gasteiger charge is 2.18. The van der Waals surface area contributed by atoms with Gasteiger partial charge in [0.25, 0.3) is 0 Å². The summed E-state index contributed by atoms with van der Waals surface area (Å²) < 4.78 is 22.1. The Balaban J connectivity index is 2.47. The molecular formula is C12H16O5S. The molecule has 0 saturated carbocycles. The van der Waals surface area contributed by atoms with Crippen LogP contribution < -0.4 is 9.47 Å². The van der Waals surface area contributed by atoms with E-state index >= 15 is 0 Å². The molecule has 0 fully saturated rings. The molecule has 18 heavy (non-hydrogen) atoms. The van der Waals surface area contributed by atoms with E-state index in [2.05, 4.69) is 0 Å². The Hall–Kier alpha value is -1.56. The fraction of sp³-hybridized carbons (Fsp3) is 0.417. The molecule has 1 aromatic carbocycles. The van der Waals surface area contributed by atoms with Crippen LogP contribution in [0, 0.1) is 0 Å². The second-order valence-corrected chi connectivity index (χ2v) is 5.44. The molecule has 0 heterocycles. The largest absolute Gasteiger partial charge is 0.493 e. The minimum Gasteiger partial charge on any atom is -0.493 e. The Morgan fingerprint density at radius 3 is 2.56 bits per heavy atom. The third-order valence-electron chi connectivity index (χ3n) is 2.35. The van der Waals surface area contributed by atoms with E-state index in [-0.39, 0.29) is 12.4 Å². The number of aliphatic carboxylic acids is 1. The van der Waals surface area contributed by atoms with Crippen LogP contribution in [0.5, 0.6) is 11.5 Å². The topological polar surface area (TPSA) is 72.8 Å². The number of methoxy groups -OCH3 is 1. The zero-order valence-corrected chi connectivity index (χ0v) is 11.1. The molecule has 0 aliphatic rings. The highest BCUT2D eigenvalue weighted by Crippen LogP contribution is 2.25. The van der Waals surface area contributed by atoms with Crippen molar-refractivity contribution in [2.24, 2.45) is 0 Å². The van der Waals surface area contributed by atoms with Crippen LogP contribution in [0.2, 0.25) is 0 Å². The second-order valence-electron chi connectivity index (χ2n) is 3.56. The maximum Gasteiger partial charge on any atom is 0.318 e. The van der Waals surface area contributed by atoms with Gasteiger partial charge in [-0.1, -0.05) is 12.1 Å². The van der Waals surface area contributed by atoms with Crippen LogP contribution in [-0.4, -0.2) is 40.0 Å². The molecule has 5 nitrogen and oxygen atoms in total. The summed E-state index contributed by atoms with van der Waals surface area (Å²) in [4.78, 5) is 10.6. The quantitative estimate of drug-likeness (QED) is 0.810. The van der Waals surface area contributed by atoms with Gasteiger partial charge in [0, 0.05) is 10.8 Å². The van der Waals surface area contributed by atoms with Gasteiger partial charge in [0.1, 0.15) is 5.25 Å². The third-order valence-corrected chi connectivity index (χ3v) is 3.91. The van der Waals surface area contributed by atoms with Gasteiger partial charge in [0.05, 0.1) is 19.5 Å². The minimum atomic E-state index is -1.44. The third kappa shape index (κ3) is 4.03. The summed E-state index contributed by atoms with van der Waals surface area (Å²) >= 11 is 0. The molecule has 0 aliphatic heterocycles. The van der Waals surface area contributed by atoms with Crippen LogP contribution in [0.3, 0.4) is 0 Å². The first kappa shape index (κ1) is 14.5. The van der Waals surface area contributed by atoms with E-state index in [0.29, 0.717) is 11.5 Å². The van der Waals surface area contributed by atoms with Crippen molar-refractivity contribution in [2.45, 2.75) is 12.2 Å². The molecule has 0 spiro atoms. The Morgan fingerprint density at radius 2 is 2.00 bits per heavy atom. The van der Waals surface area contributed by atoms with Crippen LogP contribution in [-0.2, 0) is 15.6 Å². The summed E-state index contributed by atoms with van der Waals surface area (Å²) in [6.07, 6.45) is 0. The van der Waals surface area contributed by atoms with Crippen LogP contribution in [0.4, 0.5) is 0 Å². The fourth-order valence-corrected chi connectivity index (χ4v) is 2.09. The number of benzene rings is 1. The Labute approximate surface area is 108 Å². The van der Waals surface area contributed by atoms with Crippen LogP contribution in [0.25, 0.3) is 0 Å². The zero-order chi connectivity index (χ0) is 13.5. The van der Waals surface area contributed by atoms with Gasteiger partial charge in [0.2, 0.25) is 0 Å². The molecule has 0 saturated heterocycles. The zero-order valence-electron chi connectivity index (χ0n) is 10.3. The van der Waals surface area contributed by atoms with Crippen molar-refractivity contribution in [3.05, 3.63) is 24.3 Å². The molecule has 1 aromatic rings. The highest BCUT2D eigenvalue weighted by atomic mass is 32.2. The van der Waals surface area contributed by atoms with E-state index in [1.165, 1.54) is 14.0 Å². The predicted octanol–water partition coefficient (Wildman–Crippen LogP) is 1.30. The molecule has 2 atom stereocenters. The normalized spacial score (nSPS) is 13.7. The lowest BCUT2D eigenvalue weighted by molar-refractivity contribution is -0.136. The molecule has 0 amide bonds. The average molecular weight is 272 g/mol. The summed E-state index contributed by atoms with van der Waals surface area (Å²) in [5.74, 6) is 0.256. The number of hydrogen-bond acceptors (Lipinski definition) is 4. The Bertz CT molecular complexity index is 432. The molecule has 0 aliphatic carbocycles. The Morgan fingerprint density at radius 1 is 1.39 bits per heavy atom. The number of carboxylic acids is 1. The highest BCUT2D eigenvalue weighted by molar-refractivity contribution is 7.86. The first-order chi connectivity index (χ1) is 8.56. The van der Waals surface area contributed by atoms with Gasteiger partial charge in [-0.05, 0) is 19.1 Å². The molecule has 1 rings (SSSR count). The van der Waals surface area contributed by atoms with Crippen molar-refractivity contribution in [3.8, 4) is 11.5 Å². The van der Waals surface area contributed by atoms with Crippen molar-refractivity contribution in [3.63, 3.8) is 0 Å². The fourth-order valence-electron chi connectivity index (χ4n) is 1.26. The number of para-hydroxylation sites is 2. The Kier molecular flexibility index (Phi) is 5.64. The van der Waals surface area contributed by atoms with Gasteiger partial charge >= 0.3 is 5.97 Å². The van der Waals surface area contributed by atoms with Crippen molar-refractivity contribution < 1.29 is 23.6 Å². The van der Waals surface area contributed by atoms with Gasteiger partial charge in [-0.25, -0.2) is 0 Å². The number of carbonyl (C=O) groups is 1. The lowest BCUT2D eigenvalue weighted by Gasteiger charge is -2.11. The molecule has 6 heteroatoms. The maximum atomic E-state index is 11.5. The van der Waals surface area contributed by atoms with E-state index < -0.39 is 22.0 Å². The van der Waals surface area contributed by atoms with Gasteiger partial charge < -0.3 is 14.6 Å². The van der Waals surface area contributed by atoms with E-state index in [1.807, 2.05) is 6.07 Å². The summed E-state index contributed by atoms with van der Waals surface area (Å²) in [6.45, 7) is 1.60. The van der Waals surface area contributed by atoms with E-state index in [4.69, 9.17) is 14.6 Å². The van der Waals surface area contributed by atoms with Gasteiger partial charge in [-0.3, -0.25) is 9.00 Å². The SMILES string of the molecule is COc1ccccc1OCCS(=O)C(C)C(=O)O. The van der Waals surface area contributed by atoms with E-state index in [9.17, 15) is 9.00 Å². The van der Waals surface area contributed by atoms with Crippen molar-refractivity contribution in [2.75, 3.05) is 19.5 Å². The van der Waals surface area contributed by atoms with Crippen molar-refractivity contribution in [1.29, 1.82) is 0 Å². The van der Waals surface area contributed by atoms with Crippen LogP contribution >= 0.6 is 0 Å². The molecule has 0 aromatic heterocycles. The smallest absolute Gasteiger partial charge is 0.318 e. The summed E-state index contributed by atoms with van der Waals surface area (Å²) in [5.41, 5.74) is 0. The number of ether oxygens (including phenoxy) is 2. The summed E-state index contributed by atoms with van der Waals surface area (Å²) in [6, 6.07) is 7.11. The van der Waals surface area contributed by atoms with Crippen molar-refractivity contribution >= 4 is 16.8 Å². The molecular weight excluding hydrogens is 256 g/mol. The summed E-state index contributed by atoms with van der Waals surface area (Å²) in [7, 11) is 0.0921. The van der Waals surface area contributed by atoms with Gasteiger partial charge in [-0.15, -0.1) is 0 Å². The van der Waals surface area contributed by atoms with Crippen molar-refractivity contribution in [1.82, 2.24) is 0 Å². The molecule has 1 N–H and O–H groups in total.